The number of fused-ring (bicyclic) bond motifs is 1. The maximum absolute atomic E-state index is 13.3. The zero-order valence-electron chi connectivity index (χ0n) is 17.3. The van der Waals surface area contributed by atoms with Gasteiger partial charge in [0.25, 0.3) is 0 Å². The molecule has 1 aromatic rings. The second-order valence-corrected chi connectivity index (χ2v) is 8.57. The van der Waals surface area contributed by atoms with E-state index in [1.807, 2.05) is 18.1 Å². The maximum Gasteiger partial charge on any atom is 0.310 e. The third kappa shape index (κ3) is 1.76. The average molecular weight is 412 g/mol. The number of hydroxylamine groups is 2. The summed E-state index contributed by atoms with van der Waals surface area (Å²) in [4.78, 5) is 24.3. The Morgan fingerprint density at radius 1 is 1.33 bits per heavy atom. The first-order valence-electron chi connectivity index (χ1n) is 10.3. The van der Waals surface area contributed by atoms with Crippen molar-refractivity contribution in [2.24, 2.45) is 22.7 Å². The number of nitrogens with zero attached hydrogens (tertiary/aromatic N) is 2. The van der Waals surface area contributed by atoms with Crippen molar-refractivity contribution in [3.05, 3.63) is 29.3 Å². The fourth-order valence-electron chi connectivity index (χ4n) is 6.98. The maximum atomic E-state index is 13.3. The highest BCUT2D eigenvalue weighted by Gasteiger charge is 2.78. The minimum atomic E-state index is -1.05. The van der Waals surface area contributed by atoms with Gasteiger partial charge in [-0.15, -0.1) is 0 Å². The number of carbonyl (C=O) groups is 1. The highest BCUT2D eigenvalue weighted by atomic mass is 16.8. The highest BCUT2D eigenvalue weighted by Crippen LogP contribution is 2.70. The molecule has 1 unspecified atom stereocenters. The fraction of sp³-hybridized carbons (Fsp3) is 0.545. The predicted molar refractivity (Wildman–Crippen MR) is 106 cm³/mol. The number of esters is 1. The van der Waals surface area contributed by atoms with Crippen LogP contribution in [0, 0.1) is 17.8 Å². The van der Waals surface area contributed by atoms with E-state index in [1.165, 1.54) is 7.11 Å². The van der Waals surface area contributed by atoms with Gasteiger partial charge in [0, 0.05) is 12.0 Å². The Bertz CT molecular complexity index is 1030. The van der Waals surface area contributed by atoms with Gasteiger partial charge in [-0.1, -0.05) is 11.6 Å². The molecule has 1 aromatic carbocycles. The molecule has 2 saturated carbocycles. The van der Waals surface area contributed by atoms with Crippen molar-refractivity contribution >= 4 is 17.4 Å². The molecule has 8 nitrogen and oxygen atoms in total. The summed E-state index contributed by atoms with van der Waals surface area (Å²) < 4.78 is 16.5. The predicted octanol–water partition coefficient (Wildman–Crippen LogP) is 1.73. The van der Waals surface area contributed by atoms with Crippen LogP contribution in [0.5, 0.6) is 11.5 Å². The number of benzene rings is 1. The molecule has 2 aliphatic carbocycles. The van der Waals surface area contributed by atoms with E-state index in [0.717, 1.165) is 16.8 Å². The number of methoxy groups -OCH3 is 3. The third-order valence-electron chi connectivity index (χ3n) is 7.83. The van der Waals surface area contributed by atoms with E-state index in [-0.39, 0.29) is 29.9 Å². The van der Waals surface area contributed by atoms with E-state index in [1.54, 1.807) is 20.3 Å². The Labute approximate surface area is 174 Å². The largest absolute Gasteiger partial charge is 0.497 e. The molecule has 8 heteroatoms. The quantitative estimate of drug-likeness (QED) is 0.597. The van der Waals surface area contributed by atoms with Crippen molar-refractivity contribution in [2.45, 2.75) is 37.1 Å². The SMILES string of the molecule is C/C=C1\[C@@H]2[C@H]3[C@@H](O)ON2[C@H]2C[C@@H]1[C@@H](C(=O)OC)[C@]31C2=Nc2c(OC)cc(OC)cc21. The molecular weight excluding hydrogens is 388 g/mol. The smallest absolute Gasteiger partial charge is 0.310 e. The first kappa shape index (κ1) is 18.4. The van der Waals surface area contributed by atoms with E-state index in [2.05, 4.69) is 6.08 Å². The number of hydrogen-bond donors (Lipinski definition) is 1. The van der Waals surface area contributed by atoms with Crippen LogP contribution < -0.4 is 9.47 Å². The summed E-state index contributed by atoms with van der Waals surface area (Å²) in [5.41, 5.74) is 2.74. The lowest BCUT2D eigenvalue weighted by Gasteiger charge is -2.63. The summed E-state index contributed by atoms with van der Waals surface area (Å²) in [6, 6.07) is 3.53. The van der Waals surface area contributed by atoms with Crippen LogP contribution in [0.1, 0.15) is 18.9 Å². The lowest BCUT2D eigenvalue weighted by atomic mass is 9.42. The third-order valence-corrected chi connectivity index (χ3v) is 7.83. The van der Waals surface area contributed by atoms with Gasteiger partial charge in [-0.25, -0.2) is 0 Å². The molecule has 4 heterocycles. The number of hydrogen-bond acceptors (Lipinski definition) is 8. The molecule has 0 radical (unpaired) electrons. The topological polar surface area (TPSA) is 89.8 Å². The van der Waals surface area contributed by atoms with Gasteiger partial charge in [0.15, 0.2) is 6.29 Å². The number of aliphatic hydroxyl groups is 1. The van der Waals surface area contributed by atoms with Crippen LogP contribution in [0.15, 0.2) is 28.8 Å². The van der Waals surface area contributed by atoms with Crippen LogP contribution in [0.2, 0.25) is 0 Å². The van der Waals surface area contributed by atoms with Gasteiger partial charge in [-0.2, -0.15) is 5.06 Å². The van der Waals surface area contributed by atoms with Gasteiger partial charge >= 0.3 is 5.97 Å². The number of aliphatic hydroxyl groups excluding tert-OH is 1. The average Bonchev–Trinajstić information content (AvgIpc) is 3.27. The Morgan fingerprint density at radius 3 is 2.80 bits per heavy atom. The van der Waals surface area contributed by atoms with Crippen LogP contribution in [-0.2, 0) is 19.8 Å². The molecular formula is C22H24N2O6. The van der Waals surface area contributed by atoms with Crippen molar-refractivity contribution in [1.82, 2.24) is 5.06 Å². The van der Waals surface area contributed by atoms with Gasteiger partial charge in [0.05, 0.1) is 50.5 Å². The number of carbonyl (C=O) groups excluding carboxylic acids is 1. The Balaban J connectivity index is 1.71. The lowest BCUT2D eigenvalue weighted by Crippen LogP contribution is -2.75. The molecule has 6 bridgehead atoms. The van der Waals surface area contributed by atoms with Gasteiger partial charge in [-0.3, -0.25) is 14.6 Å². The highest BCUT2D eigenvalue weighted by molar-refractivity contribution is 6.11. The molecule has 1 spiro atoms. The summed E-state index contributed by atoms with van der Waals surface area (Å²) in [6.07, 6.45) is 1.72. The van der Waals surface area contributed by atoms with E-state index in [9.17, 15) is 9.90 Å². The molecule has 30 heavy (non-hydrogen) atoms. The second kappa shape index (κ2) is 5.84. The van der Waals surface area contributed by atoms with E-state index < -0.39 is 17.6 Å². The standard InChI is InChI=1S/C22H24N2O6/c1-5-10-11-8-13-19-22(15(11)20(25)29-4,16-18(10)24(13)30-21(16)26)12-6-9(27-2)7-14(28-3)17(12)23-19/h5-7,11,13,15-16,18,21,26H,8H2,1-4H3/b10-5-/t11-,13-,15-,16-,18+,21-,22-/m0/s1. The molecule has 7 rings (SSSR count). The van der Waals surface area contributed by atoms with Gasteiger partial charge < -0.3 is 19.3 Å². The molecule has 6 aliphatic rings. The molecule has 8 atom stereocenters. The zero-order chi connectivity index (χ0) is 20.9. The van der Waals surface area contributed by atoms with Crippen molar-refractivity contribution in [3.63, 3.8) is 0 Å². The molecule has 0 amide bonds. The summed E-state index contributed by atoms with van der Waals surface area (Å²) >= 11 is 0. The molecule has 5 fully saturated rings. The van der Waals surface area contributed by atoms with E-state index in [4.69, 9.17) is 24.0 Å². The Kier molecular flexibility index (Phi) is 3.57. The second-order valence-electron chi connectivity index (χ2n) is 8.57. The van der Waals surface area contributed by atoms with Crippen molar-refractivity contribution < 1.29 is 28.9 Å². The van der Waals surface area contributed by atoms with Gasteiger partial charge in [-0.05, 0) is 30.9 Å². The van der Waals surface area contributed by atoms with Crippen LogP contribution >= 0.6 is 0 Å². The number of aliphatic imine (C=N–C) groups is 1. The molecule has 0 aromatic heterocycles. The summed E-state index contributed by atoms with van der Waals surface area (Å²) in [6.45, 7) is 1.99. The van der Waals surface area contributed by atoms with Crippen LogP contribution in [0.25, 0.3) is 0 Å². The molecule has 1 N–H and O–H groups in total. The number of ether oxygens (including phenoxy) is 3. The van der Waals surface area contributed by atoms with E-state index >= 15 is 0 Å². The normalized spacial score (nSPS) is 42.8. The lowest BCUT2D eigenvalue weighted by molar-refractivity contribution is -0.234. The van der Waals surface area contributed by atoms with Crippen LogP contribution in [-0.4, -0.2) is 61.6 Å². The summed E-state index contributed by atoms with van der Waals surface area (Å²) in [5, 5.41) is 13.0. The fourth-order valence-corrected chi connectivity index (χ4v) is 6.98. The van der Waals surface area contributed by atoms with Crippen molar-refractivity contribution in [1.29, 1.82) is 0 Å². The minimum Gasteiger partial charge on any atom is -0.497 e. The van der Waals surface area contributed by atoms with Crippen molar-refractivity contribution in [2.75, 3.05) is 21.3 Å². The minimum absolute atomic E-state index is 0.000876. The van der Waals surface area contributed by atoms with Crippen LogP contribution in [0.3, 0.4) is 0 Å². The first-order valence-corrected chi connectivity index (χ1v) is 10.3. The Hall–Kier alpha value is -2.42. The van der Waals surface area contributed by atoms with Gasteiger partial charge in [0.1, 0.15) is 17.2 Å². The Morgan fingerprint density at radius 2 is 2.13 bits per heavy atom. The number of allylic oxidation sites excluding steroid dienone is 1. The number of piperidine rings is 2. The molecule has 4 aliphatic heterocycles. The zero-order valence-corrected chi connectivity index (χ0v) is 17.3. The summed E-state index contributed by atoms with van der Waals surface area (Å²) in [7, 11) is 4.62. The number of rotatable bonds is 3. The van der Waals surface area contributed by atoms with Crippen LogP contribution in [0.4, 0.5) is 5.69 Å². The summed E-state index contributed by atoms with van der Waals surface area (Å²) in [5.74, 6) is 0.0556. The van der Waals surface area contributed by atoms with Gasteiger partial charge in [0.2, 0.25) is 0 Å². The van der Waals surface area contributed by atoms with E-state index in [0.29, 0.717) is 23.6 Å². The first-order chi connectivity index (χ1) is 14.5. The monoisotopic (exact) mass is 412 g/mol. The van der Waals surface area contributed by atoms with Crippen molar-refractivity contribution in [3.8, 4) is 11.5 Å². The molecule has 158 valence electrons. The molecule has 3 saturated heterocycles.